The second kappa shape index (κ2) is 6.00. The number of hydrogen-bond donors (Lipinski definition) is 1. The number of aliphatic carboxylic acids is 1. The van der Waals surface area contributed by atoms with Crippen LogP contribution in [-0.2, 0) is 14.3 Å². The number of carbonyl (C=O) groups excluding carboxylic acids is 1. The molecule has 1 rings (SSSR count). The van der Waals surface area contributed by atoms with Crippen molar-refractivity contribution in [2.75, 3.05) is 19.7 Å². The van der Waals surface area contributed by atoms with E-state index in [0.717, 1.165) is 6.42 Å². The van der Waals surface area contributed by atoms with Gasteiger partial charge in [-0.25, -0.2) is 0 Å². The van der Waals surface area contributed by atoms with Crippen molar-refractivity contribution in [3.63, 3.8) is 0 Å². The smallest absolute Gasteiger partial charge is 0.323 e. The summed E-state index contributed by atoms with van der Waals surface area (Å²) in [5.74, 6) is -0.914. The molecule has 2 atom stereocenters. The van der Waals surface area contributed by atoms with Crippen LogP contribution in [0.4, 0.5) is 0 Å². The highest BCUT2D eigenvalue weighted by Gasteiger charge is 2.46. The Morgan fingerprint density at radius 3 is 2.59 bits per heavy atom. The Bertz CT molecular complexity index is 290. The van der Waals surface area contributed by atoms with Gasteiger partial charge in [-0.2, -0.15) is 0 Å². The van der Waals surface area contributed by atoms with Crippen molar-refractivity contribution < 1.29 is 19.4 Å². The molecule has 1 N–H and O–H groups in total. The molecule has 0 aliphatic heterocycles. The van der Waals surface area contributed by atoms with E-state index in [0.29, 0.717) is 13.2 Å². The Morgan fingerprint density at radius 1 is 1.47 bits per heavy atom. The molecule has 5 heteroatoms. The van der Waals surface area contributed by atoms with Crippen molar-refractivity contribution in [2.24, 2.45) is 11.8 Å². The van der Waals surface area contributed by atoms with Gasteiger partial charge in [0.2, 0.25) is 5.91 Å². The number of rotatable bonds is 7. The first kappa shape index (κ1) is 14.0. The Balaban J connectivity index is 2.52. The molecular formula is C12H21NO4. The van der Waals surface area contributed by atoms with Crippen LogP contribution < -0.4 is 0 Å². The molecule has 17 heavy (non-hydrogen) atoms. The molecule has 98 valence electrons. The van der Waals surface area contributed by atoms with Gasteiger partial charge in [0.05, 0.1) is 12.0 Å². The highest BCUT2D eigenvalue weighted by molar-refractivity contribution is 5.85. The summed E-state index contributed by atoms with van der Waals surface area (Å²) >= 11 is 0. The van der Waals surface area contributed by atoms with Crippen LogP contribution in [0, 0.1) is 11.8 Å². The van der Waals surface area contributed by atoms with E-state index >= 15 is 0 Å². The summed E-state index contributed by atoms with van der Waals surface area (Å²) < 4.78 is 5.35. The van der Waals surface area contributed by atoms with Gasteiger partial charge in [0.25, 0.3) is 0 Å². The molecule has 0 aromatic rings. The number of hydrogen-bond acceptors (Lipinski definition) is 3. The summed E-state index contributed by atoms with van der Waals surface area (Å²) in [6.45, 7) is 6.69. The zero-order chi connectivity index (χ0) is 13.0. The highest BCUT2D eigenvalue weighted by Crippen LogP contribution is 2.35. The first-order valence-corrected chi connectivity index (χ1v) is 6.07. The van der Waals surface area contributed by atoms with E-state index in [1.54, 1.807) is 0 Å². The van der Waals surface area contributed by atoms with Gasteiger partial charge in [0.1, 0.15) is 6.54 Å². The Labute approximate surface area is 102 Å². The molecule has 0 aromatic heterocycles. The lowest BCUT2D eigenvalue weighted by Crippen LogP contribution is -2.39. The van der Waals surface area contributed by atoms with E-state index in [1.807, 2.05) is 20.8 Å². The molecule has 5 nitrogen and oxygen atoms in total. The van der Waals surface area contributed by atoms with Crippen LogP contribution >= 0.6 is 0 Å². The summed E-state index contributed by atoms with van der Waals surface area (Å²) in [5, 5.41) is 8.79. The summed E-state index contributed by atoms with van der Waals surface area (Å²) in [6.07, 6.45) is 0.719. The summed E-state index contributed by atoms with van der Waals surface area (Å²) in [7, 11) is 0. The number of nitrogens with zero attached hydrogens (tertiary/aromatic N) is 1. The third kappa shape index (κ3) is 4.34. The molecule has 0 heterocycles. The fourth-order valence-electron chi connectivity index (χ4n) is 1.90. The first-order chi connectivity index (χ1) is 7.95. The minimum atomic E-state index is -0.965. The van der Waals surface area contributed by atoms with Gasteiger partial charge in [0, 0.05) is 13.2 Å². The lowest BCUT2D eigenvalue weighted by Gasteiger charge is -2.22. The van der Waals surface area contributed by atoms with Crippen LogP contribution in [0.3, 0.4) is 0 Å². The average molecular weight is 243 g/mol. The molecule has 2 unspecified atom stereocenters. The third-order valence-electron chi connectivity index (χ3n) is 2.65. The maximum Gasteiger partial charge on any atom is 0.323 e. The molecule has 0 radical (unpaired) electrons. The Hall–Kier alpha value is -1.10. The number of carbonyl (C=O) groups is 2. The normalized spacial score (nSPS) is 22.6. The number of amides is 1. The van der Waals surface area contributed by atoms with Gasteiger partial charge in [-0.15, -0.1) is 0 Å². The van der Waals surface area contributed by atoms with Crippen molar-refractivity contribution in [1.82, 2.24) is 4.90 Å². The summed E-state index contributed by atoms with van der Waals surface area (Å²) in [4.78, 5) is 24.2. The fourth-order valence-corrected chi connectivity index (χ4v) is 1.90. The van der Waals surface area contributed by atoms with Gasteiger partial charge in [-0.05, 0) is 19.3 Å². The zero-order valence-corrected chi connectivity index (χ0v) is 10.7. The zero-order valence-electron chi connectivity index (χ0n) is 10.7. The summed E-state index contributed by atoms with van der Waals surface area (Å²) in [5.41, 5.74) is 0. The molecule has 1 aliphatic rings. The van der Waals surface area contributed by atoms with Crippen LogP contribution in [-0.4, -0.2) is 47.7 Å². The van der Waals surface area contributed by atoms with Crippen molar-refractivity contribution >= 4 is 11.9 Å². The SMILES string of the molecule is CCOC1CC1C(=O)N(CC(=O)O)CC(C)C. The second-order valence-corrected chi connectivity index (χ2v) is 4.84. The number of ether oxygens (including phenoxy) is 1. The lowest BCUT2D eigenvalue weighted by molar-refractivity contribution is -0.145. The number of carboxylic acid groups (broad SMARTS) is 1. The molecule has 1 saturated carbocycles. The van der Waals surface area contributed by atoms with E-state index in [4.69, 9.17) is 9.84 Å². The van der Waals surface area contributed by atoms with E-state index < -0.39 is 5.97 Å². The number of carboxylic acids is 1. The van der Waals surface area contributed by atoms with E-state index in [9.17, 15) is 9.59 Å². The van der Waals surface area contributed by atoms with E-state index in [-0.39, 0.29) is 30.4 Å². The van der Waals surface area contributed by atoms with Gasteiger partial charge in [0.15, 0.2) is 0 Å². The van der Waals surface area contributed by atoms with Crippen molar-refractivity contribution in [3.8, 4) is 0 Å². The minimum Gasteiger partial charge on any atom is -0.480 e. The Kier molecular flexibility index (Phi) is 4.93. The molecule has 1 fully saturated rings. The van der Waals surface area contributed by atoms with Crippen LogP contribution in [0.15, 0.2) is 0 Å². The largest absolute Gasteiger partial charge is 0.480 e. The predicted octanol–water partition coefficient (Wildman–Crippen LogP) is 0.981. The van der Waals surface area contributed by atoms with Crippen LogP contribution in [0.1, 0.15) is 27.2 Å². The van der Waals surface area contributed by atoms with Crippen LogP contribution in [0.5, 0.6) is 0 Å². The summed E-state index contributed by atoms with van der Waals surface area (Å²) in [6, 6.07) is 0. The molecular weight excluding hydrogens is 222 g/mol. The molecule has 0 bridgehead atoms. The fraction of sp³-hybridized carbons (Fsp3) is 0.833. The van der Waals surface area contributed by atoms with Gasteiger partial charge in [-0.1, -0.05) is 13.8 Å². The second-order valence-electron chi connectivity index (χ2n) is 4.84. The first-order valence-electron chi connectivity index (χ1n) is 6.07. The van der Waals surface area contributed by atoms with Crippen LogP contribution in [0.25, 0.3) is 0 Å². The average Bonchev–Trinajstić information content (AvgIpc) is 2.94. The maximum atomic E-state index is 12.0. The molecule has 1 aliphatic carbocycles. The lowest BCUT2D eigenvalue weighted by atomic mass is 10.2. The van der Waals surface area contributed by atoms with Crippen molar-refractivity contribution in [1.29, 1.82) is 0 Å². The predicted molar refractivity (Wildman–Crippen MR) is 62.6 cm³/mol. The third-order valence-corrected chi connectivity index (χ3v) is 2.65. The molecule has 0 spiro atoms. The van der Waals surface area contributed by atoms with Crippen molar-refractivity contribution in [2.45, 2.75) is 33.3 Å². The van der Waals surface area contributed by atoms with Gasteiger partial charge < -0.3 is 14.7 Å². The molecule has 0 saturated heterocycles. The Morgan fingerprint density at radius 2 is 2.12 bits per heavy atom. The quantitative estimate of drug-likeness (QED) is 0.724. The molecule has 0 aromatic carbocycles. The standard InChI is InChI=1S/C12H21NO4/c1-4-17-10-5-9(10)12(16)13(6-8(2)3)7-11(14)15/h8-10H,4-7H2,1-3H3,(H,14,15). The highest BCUT2D eigenvalue weighted by atomic mass is 16.5. The monoisotopic (exact) mass is 243 g/mol. The molecule has 1 amide bonds. The minimum absolute atomic E-state index is 0.00374. The topological polar surface area (TPSA) is 66.8 Å². The van der Waals surface area contributed by atoms with Crippen LogP contribution in [0.2, 0.25) is 0 Å². The maximum absolute atomic E-state index is 12.0. The van der Waals surface area contributed by atoms with Gasteiger partial charge in [-0.3, -0.25) is 9.59 Å². The van der Waals surface area contributed by atoms with E-state index in [2.05, 4.69) is 0 Å². The van der Waals surface area contributed by atoms with Gasteiger partial charge >= 0.3 is 5.97 Å². The van der Waals surface area contributed by atoms with E-state index in [1.165, 1.54) is 4.90 Å². The van der Waals surface area contributed by atoms with Crippen molar-refractivity contribution in [3.05, 3.63) is 0 Å².